The van der Waals surface area contributed by atoms with E-state index in [0.29, 0.717) is 5.75 Å². The van der Waals surface area contributed by atoms with E-state index < -0.39 is 0 Å². The maximum absolute atomic E-state index is 12.2. The van der Waals surface area contributed by atoms with Crippen LogP contribution in [0.3, 0.4) is 0 Å². The van der Waals surface area contributed by atoms with E-state index in [4.69, 9.17) is 0 Å². The van der Waals surface area contributed by atoms with Crippen molar-refractivity contribution in [3.8, 4) is 0 Å². The zero-order valence-electron chi connectivity index (χ0n) is 12.2. The Hall–Kier alpha value is -1.31. The number of aromatic nitrogens is 2. The lowest BCUT2D eigenvalue weighted by atomic mass is 10.2. The van der Waals surface area contributed by atoms with Gasteiger partial charge in [-0.05, 0) is 68.6 Å². The monoisotopic (exact) mass is 453 g/mol. The first-order valence-electron chi connectivity index (χ1n) is 6.85. The first-order valence-corrected chi connectivity index (χ1v) is 9.42. The van der Waals surface area contributed by atoms with Crippen molar-refractivity contribution >= 4 is 60.7 Å². The Morgan fingerprint density at radius 1 is 1.30 bits per heavy atom. The minimum Gasteiger partial charge on any atom is -0.323 e. The molecule has 0 aliphatic rings. The second kappa shape index (κ2) is 7.07. The molecule has 1 N–H and O–H groups in total. The first-order chi connectivity index (χ1) is 11.0. The highest BCUT2D eigenvalue weighted by molar-refractivity contribution is 9.11. The van der Waals surface area contributed by atoms with E-state index in [1.807, 2.05) is 47.9 Å². The standard InChI is InChI=1S/C16H13Br2N3OS/c1-10-6-12(17)15(13(18)7-10)20-14(22)9-23-16-19-8-11-4-2-3-5-21(11)16/h2-8H,9H2,1H3,(H,20,22). The van der Waals surface area contributed by atoms with Gasteiger partial charge in [-0.15, -0.1) is 0 Å². The Balaban J connectivity index is 1.69. The lowest BCUT2D eigenvalue weighted by Crippen LogP contribution is -2.15. The quantitative estimate of drug-likeness (QED) is 0.570. The van der Waals surface area contributed by atoms with Crippen LogP contribution in [-0.2, 0) is 4.79 Å². The summed E-state index contributed by atoms with van der Waals surface area (Å²) in [5, 5.41) is 3.73. The fourth-order valence-electron chi connectivity index (χ4n) is 2.15. The number of aryl methyl sites for hydroxylation is 1. The van der Waals surface area contributed by atoms with E-state index in [9.17, 15) is 4.79 Å². The van der Waals surface area contributed by atoms with Gasteiger partial charge in [0.1, 0.15) is 0 Å². The molecule has 3 aromatic rings. The SMILES string of the molecule is Cc1cc(Br)c(NC(=O)CSc2ncc3ccccn23)c(Br)c1. The van der Waals surface area contributed by atoms with Gasteiger partial charge < -0.3 is 5.32 Å². The molecule has 2 aromatic heterocycles. The topological polar surface area (TPSA) is 46.4 Å². The Morgan fingerprint density at radius 3 is 2.78 bits per heavy atom. The maximum atomic E-state index is 12.2. The number of rotatable bonds is 4. The third-order valence-corrected chi connectivity index (χ3v) is 5.41. The van der Waals surface area contributed by atoms with Crippen molar-refractivity contribution in [3.63, 3.8) is 0 Å². The zero-order chi connectivity index (χ0) is 16.4. The fraction of sp³-hybridized carbons (Fsp3) is 0.125. The largest absolute Gasteiger partial charge is 0.323 e. The number of nitrogens with one attached hydrogen (secondary N) is 1. The Bertz CT molecular complexity index is 856. The van der Waals surface area contributed by atoms with Crippen LogP contribution in [0.5, 0.6) is 0 Å². The molecule has 0 bridgehead atoms. The molecule has 1 aromatic carbocycles. The normalized spacial score (nSPS) is 10.9. The molecule has 0 saturated carbocycles. The predicted molar refractivity (Wildman–Crippen MR) is 101 cm³/mol. The molecule has 0 unspecified atom stereocenters. The van der Waals surface area contributed by atoms with Crippen molar-refractivity contribution in [1.29, 1.82) is 0 Å². The summed E-state index contributed by atoms with van der Waals surface area (Å²) in [5.74, 6) is 0.216. The molecule has 0 radical (unpaired) electrons. The molecule has 0 saturated heterocycles. The summed E-state index contributed by atoms with van der Waals surface area (Å²) in [5.41, 5.74) is 2.87. The molecule has 4 nitrogen and oxygen atoms in total. The van der Waals surface area contributed by atoms with Crippen molar-refractivity contribution < 1.29 is 4.79 Å². The number of pyridine rings is 1. The van der Waals surface area contributed by atoms with Gasteiger partial charge >= 0.3 is 0 Å². The van der Waals surface area contributed by atoms with Crippen molar-refractivity contribution in [3.05, 3.63) is 57.2 Å². The number of carbonyl (C=O) groups is 1. The third-order valence-electron chi connectivity index (χ3n) is 3.19. The fourth-order valence-corrected chi connectivity index (χ4v) is 4.53. The number of halogens is 2. The number of amides is 1. The average Bonchev–Trinajstić information content (AvgIpc) is 2.92. The number of imidazole rings is 1. The summed E-state index contributed by atoms with van der Waals surface area (Å²) in [6.45, 7) is 2.00. The second-order valence-corrected chi connectivity index (χ2v) is 7.63. The van der Waals surface area contributed by atoms with Crippen LogP contribution < -0.4 is 5.32 Å². The van der Waals surface area contributed by atoms with Crippen LogP contribution in [0.1, 0.15) is 5.56 Å². The summed E-state index contributed by atoms with van der Waals surface area (Å²) >= 11 is 8.37. The minimum atomic E-state index is -0.0760. The average molecular weight is 455 g/mol. The summed E-state index contributed by atoms with van der Waals surface area (Å²) in [7, 11) is 0. The molecule has 2 heterocycles. The lowest BCUT2D eigenvalue weighted by molar-refractivity contribution is -0.113. The molecule has 0 aliphatic carbocycles. The van der Waals surface area contributed by atoms with Gasteiger partial charge in [-0.3, -0.25) is 9.20 Å². The van der Waals surface area contributed by atoms with E-state index in [1.54, 1.807) is 6.20 Å². The summed E-state index contributed by atoms with van der Waals surface area (Å²) in [4.78, 5) is 16.6. The molecular formula is C16H13Br2N3OS. The molecule has 0 atom stereocenters. The van der Waals surface area contributed by atoms with Crippen molar-refractivity contribution in [1.82, 2.24) is 9.38 Å². The van der Waals surface area contributed by atoms with Gasteiger partial charge in [0.15, 0.2) is 5.16 Å². The number of benzene rings is 1. The van der Waals surface area contributed by atoms with Crippen molar-refractivity contribution in [2.45, 2.75) is 12.1 Å². The van der Waals surface area contributed by atoms with Crippen LogP contribution in [0.25, 0.3) is 5.52 Å². The van der Waals surface area contributed by atoms with Crippen molar-refractivity contribution in [2.75, 3.05) is 11.1 Å². The third kappa shape index (κ3) is 3.79. The molecule has 1 amide bonds. The smallest absolute Gasteiger partial charge is 0.234 e. The Labute approximate surface area is 154 Å². The first kappa shape index (κ1) is 16.5. The molecule has 3 rings (SSSR count). The van der Waals surface area contributed by atoms with Crippen molar-refractivity contribution in [2.24, 2.45) is 0 Å². The number of nitrogens with zero attached hydrogens (tertiary/aromatic N) is 2. The maximum Gasteiger partial charge on any atom is 0.234 e. The van der Waals surface area contributed by atoms with Crippen LogP contribution in [0.15, 0.2) is 56.8 Å². The number of hydrogen-bond acceptors (Lipinski definition) is 3. The second-order valence-electron chi connectivity index (χ2n) is 4.98. The molecule has 118 valence electrons. The van der Waals surface area contributed by atoms with Gasteiger partial charge in [0, 0.05) is 15.1 Å². The molecule has 23 heavy (non-hydrogen) atoms. The number of carbonyl (C=O) groups excluding carboxylic acids is 1. The van der Waals surface area contributed by atoms with Crippen LogP contribution in [0.2, 0.25) is 0 Å². The van der Waals surface area contributed by atoms with Crippen LogP contribution in [0, 0.1) is 6.92 Å². The molecule has 0 aliphatic heterocycles. The predicted octanol–water partition coefficient (Wildman–Crippen LogP) is 4.90. The number of anilines is 1. The van der Waals surface area contributed by atoms with E-state index in [0.717, 1.165) is 30.9 Å². The summed E-state index contributed by atoms with van der Waals surface area (Å²) < 4.78 is 3.68. The van der Waals surface area contributed by atoms with Gasteiger partial charge in [0.05, 0.1) is 23.2 Å². The highest BCUT2D eigenvalue weighted by Crippen LogP contribution is 2.32. The highest BCUT2D eigenvalue weighted by atomic mass is 79.9. The van der Waals surface area contributed by atoms with E-state index in [2.05, 4.69) is 42.2 Å². The summed E-state index contributed by atoms with van der Waals surface area (Å²) in [6, 6.07) is 9.83. The van der Waals surface area contributed by atoms with Crippen LogP contribution in [0.4, 0.5) is 5.69 Å². The number of hydrogen-bond donors (Lipinski definition) is 1. The van der Waals surface area contributed by atoms with Crippen LogP contribution in [-0.4, -0.2) is 21.0 Å². The molecule has 7 heteroatoms. The molecule has 0 fully saturated rings. The zero-order valence-corrected chi connectivity index (χ0v) is 16.2. The van der Waals surface area contributed by atoms with Gasteiger partial charge in [-0.2, -0.15) is 0 Å². The van der Waals surface area contributed by atoms with Crippen LogP contribution >= 0.6 is 43.6 Å². The van der Waals surface area contributed by atoms with Gasteiger partial charge in [-0.1, -0.05) is 17.8 Å². The van der Waals surface area contributed by atoms with Gasteiger partial charge in [0.2, 0.25) is 5.91 Å². The van der Waals surface area contributed by atoms with Gasteiger partial charge in [0.25, 0.3) is 0 Å². The van der Waals surface area contributed by atoms with E-state index in [1.165, 1.54) is 11.8 Å². The Kier molecular flexibility index (Phi) is 5.08. The molecule has 0 spiro atoms. The Morgan fingerprint density at radius 2 is 2.04 bits per heavy atom. The van der Waals surface area contributed by atoms with E-state index in [-0.39, 0.29) is 5.91 Å². The number of fused-ring (bicyclic) bond motifs is 1. The van der Waals surface area contributed by atoms with E-state index >= 15 is 0 Å². The minimum absolute atomic E-state index is 0.0760. The lowest BCUT2D eigenvalue weighted by Gasteiger charge is -2.10. The number of thioether (sulfide) groups is 1. The van der Waals surface area contributed by atoms with Gasteiger partial charge in [-0.25, -0.2) is 4.98 Å². The highest BCUT2D eigenvalue weighted by Gasteiger charge is 2.12. The summed E-state index contributed by atoms with van der Waals surface area (Å²) in [6.07, 6.45) is 3.74. The molecular weight excluding hydrogens is 442 g/mol.